The van der Waals surface area contributed by atoms with Crippen LogP contribution in [0.4, 0.5) is 0 Å². The van der Waals surface area contributed by atoms with E-state index in [0.717, 1.165) is 16.7 Å². The van der Waals surface area contributed by atoms with E-state index in [0.29, 0.717) is 6.61 Å². The molecular weight excluding hydrogens is 608 g/mol. The average molecular weight is 655 g/mol. The third-order valence-electron chi connectivity index (χ3n) is 8.42. The van der Waals surface area contributed by atoms with Crippen LogP contribution in [0.25, 0.3) is 0 Å². The second-order valence-electron chi connectivity index (χ2n) is 11.5. The van der Waals surface area contributed by atoms with E-state index < -0.39 is 68.0 Å². The summed E-state index contributed by atoms with van der Waals surface area (Å²) >= 11 is 0. The third kappa shape index (κ3) is 9.23. The normalized spacial score (nSPS) is 31.1. The lowest BCUT2D eigenvalue weighted by atomic mass is 9.96. The van der Waals surface area contributed by atoms with Crippen LogP contribution >= 0.6 is 0 Å². The molecule has 2 aliphatic rings. The van der Waals surface area contributed by atoms with Gasteiger partial charge in [0.2, 0.25) is 0 Å². The molecule has 2 aliphatic heterocycles. The van der Waals surface area contributed by atoms with Gasteiger partial charge in [0.25, 0.3) is 0 Å². The highest BCUT2D eigenvalue weighted by molar-refractivity contribution is 5.15. The molecule has 0 unspecified atom stereocenters. The summed E-state index contributed by atoms with van der Waals surface area (Å²) < 4.78 is 55.8. The number of hydrogen-bond donors (Lipinski definition) is 2. The largest absolute Gasteiger partial charge is 0.394 e. The van der Waals surface area contributed by atoms with E-state index in [9.17, 15) is 10.2 Å². The van der Waals surface area contributed by atoms with Crippen LogP contribution in [0, 0.1) is 0 Å². The smallest absolute Gasteiger partial charge is 0.187 e. The Hall–Kier alpha value is -2.78. The van der Waals surface area contributed by atoms with Crippen molar-refractivity contribution in [3.8, 4) is 0 Å². The molecule has 0 bridgehead atoms. The molecule has 0 saturated carbocycles. The molecule has 11 heteroatoms. The van der Waals surface area contributed by atoms with Gasteiger partial charge in [0.05, 0.1) is 33.0 Å². The summed E-state index contributed by atoms with van der Waals surface area (Å²) in [6, 6.07) is 29.4. The second kappa shape index (κ2) is 18.1. The summed E-state index contributed by atoms with van der Waals surface area (Å²) in [6.45, 7) is 0.542. The summed E-state index contributed by atoms with van der Waals surface area (Å²) in [7, 11) is 4.50. The molecule has 5 rings (SSSR count). The maximum atomic E-state index is 10.8. The van der Waals surface area contributed by atoms with Crippen LogP contribution < -0.4 is 0 Å². The molecule has 2 heterocycles. The first kappa shape index (κ1) is 35.5. The zero-order valence-electron chi connectivity index (χ0n) is 27.0. The van der Waals surface area contributed by atoms with Crippen molar-refractivity contribution in [3.05, 3.63) is 108 Å². The molecule has 2 fully saturated rings. The topological polar surface area (TPSA) is 124 Å². The number of rotatable bonds is 16. The van der Waals surface area contributed by atoms with Gasteiger partial charge in [0.15, 0.2) is 12.6 Å². The minimum atomic E-state index is -1.15. The Morgan fingerprint density at radius 2 is 1.06 bits per heavy atom. The Kier molecular flexibility index (Phi) is 13.7. The summed E-state index contributed by atoms with van der Waals surface area (Å²) in [5, 5.41) is 20.9. The Labute approximate surface area is 276 Å². The molecular formula is C36H46O11. The Balaban J connectivity index is 1.46. The predicted molar refractivity (Wildman–Crippen MR) is 170 cm³/mol. The van der Waals surface area contributed by atoms with Crippen LogP contribution in [0.3, 0.4) is 0 Å². The van der Waals surface area contributed by atoms with Crippen LogP contribution in [-0.2, 0) is 62.5 Å². The van der Waals surface area contributed by atoms with Gasteiger partial charge in [-0.1, -0.05) is 91.0 Å². The molecule has 11 nitrogen and oxygen atoms in total. The van der Waals surface area contributed by atoms with E-state index >= 15 is 0 Å². The van der Waals surface area contributed by atoms with Crippen LogP contribution in [-0.4, -0.2) is 106 Å². The summed E-state index contributed by atoms with van der Waals surface area (Å²) in [5.41, 5.74) is 2.92. The van der Waals surface area contributed by atoms with Crippen molar-refractivity contribution < 1.29 is 52.8 Å². The van der Waals surface area contributed by atoms with Crippen molar-refractivity contribution in [1.29, 1.82) is 0 Å². The van der Waals surface area contributed by atoms with Gasteiger partial charge in [-0.25, -0.2) is 0 Å². The molecule has 0 spiro atoms. The fourth-order valence-corrected chi connectivity index (χ4v) is 5.96. The Morgan fingerprint density at radius 3 is 1.57 bits per heavy atom. The van der Waals surface area contributed by atoms with Crippen LogP contribution in [0.1, 0.15) is 16.7 Å². The number of hydrogen-bond acceptors (Lipinski definition) is 11. The van der Waals surface area contributed by atoms with Crippen LogP contribution in [0.15, 0.2) is 91.0 Å². The van der Waals surface area contributed by atoms with Crippen molar-refractivity contribution >= 4 is 0 Å². The second-order valence-corrected chi connectivity index (χ2v) is 11.5. The number of benzene rings is 3. The Bertz CT molecular complexity index is 1280. The van der Waals surface area contributed by atoms with Gasteiger partial charge in [0.1, 0.15) is 48.8 Å². The summed E-state index contributed by atoms with van der Waals surface area (Å²) in [5.74, 6) is 0. The molecule has 10 atom stereocenters. The van der Waals surface area contributed by atoms with Crippen molar-refractivity contribution in [2.75, 3.05) is 34.5 Å². The number of methoxy groups -OCH3 is 3. The lowest BCUT2D eigenvalue weighted by Gasteiger charge is -2.49. The first-order valence-corrected chi connectivity index (χ1v) is 15.8. The number of ether oxygens (including phenoxy) is 9. The molecule has 0 aliphatic carbocycles. The lowest BCUT2D eigenvalue weighted by molar-refractivity contribution is -0.369. The van der Waals surface area contributed by atoms with Crippen molar-refractivity contribution in [2.24, 2.45) is 0 Å². The highest BCUT2D eigenvalue weighted by atomic mass is 16.8. The molecule has 0 aromatic heterocycles. The molecule has 0 radical (unpaired) electrons. The fourth-order valence-electron chi connectivity index (χ4n) is 5.96. The average Bonchev–Trinajstić information content (AvgIpc) is 3.12. The maximum Gasteiger partial charge on any atom is 0.187 e. The first-order chi connectivity index (χ1) is 23.1. The zero-order valence-corrected chi connectivity index (χ0v) is 27.0. The number of aliphatic hydroxyl groups is 2. The van der Waals surface area contributed by atoms with Gasteiger partial charge < -0.3 is 52.8 Å². The third-order valence-corrected chi connectivity index (χ3v) is 8.42. The first-order valence-electron chi connectivity index (χ1n) is 15.8. The molecule has 2 saturated heterocycles. The molecule has 0 amide bonds. The minimum Gasteiger partial charge on any atom is -0.394 e. The molecule has 3 aromatic rings. The standard InChI is InChI=1S/C36H46O11/c1-39-31-29(38)27(19-37)45-36(33(31)40-2)47-30-28(23-42-20-24-13-7-4-8-14-24)46-35(41-3)34(44-22-26-17-11-6-12-18-26)32(30)43-21-25-15-9-5-10-16-25/h4-18,27-38H,19-23H2,1-3H3/t27-,28-,29+,30-,31-,32+,33+,34-,35+,36+/m1/s1. The van der Waals surface area contributed by atoms with Crippen molar-refractivity contribution in [1.82, 2.24) is 0 Å². The van der Waals surface area contributed by atoms with E-state index in [2.05, 4.69) is 0 Å². The predicted octanol–water partition coefficient (Wildman–Crippen LogP) is 3.24. The highest BCUT2D eigenvalue weighted by Gasteiger charge is 2.53. The van der Waals surface area contributed by atoms with Crippen molar-refractivity contribution in [3.63, 3.8) is 0 Å². The number of aliphatic hydroxyl groups excluding tert-OH is 2. The van der Waals surface area contributed by atoms with Crippen LogP contribution in [0.5, 0.6) is 0 Å². The van der Waals surface area contributed by atoms with Crippen LogP contribution in [0.2, 0.25) is 0 Å². The van der Waals surface area contributed by atoms with E-state index in [1.807, 2.05) is 91.0 Å². The van der Waals surface area contributed by atoms with Crippen molar-refractivity contribution in [2.45, 2.75) is 81.2 Å². The van der Waals surface area contributed by atoms with Gasteiger partial charge in [0, 0.05) is 21.3 Å². The monoisotopic (exact) mass is 654 g/mol. The Morgan fingerprint density at radius 1 is 0.553 bits per heavy atom. The fraction of sp³-hybridized carbons (Fsp3) is 0.500. The summed E-state index contributed by atoms with van der Waals surface area (Å²) in [6.07, 6.45) is -8.73. The lowest BCUT2D eigenvalue weighted by Crippen LogP contribution is -2.66. The van der Waals surface area contributed by atoms with E-state index in [1.165, 1.54) is 14.2 Å². The van der Waals surface area contributed by atoms with Gasteiger partial charge in [-0.05, 0) is 16.7 Å². The molecule has 3 aromatic carbocycles. The molecule has 256 valence electrons. The van der Waals surface area contributed by atoms with Gasteiger partial charge in [-0.2, -0.15) is 0 Å². The van der Waals surface area contributed by atoms with Gasteiger partial charge in [-0.3, -0.25) is 0 Å². The SMILES string of the molecule is CO[C@H]1O[C@H](COCc2ccccc2)[C@@H](O[C@@H]2O[C@H](CO)[C@H](O)[C@@H](OC)[C@@H]2OC)[C@H](OCc2ccccc2)[C@H]1OCc1ccccc1. The quantitative estimate of drug-likeness (QED) is 0.237. The van der Waals surface area contributed by atoms with E-state index in [-0.39, 0.29) is 19.8 Å². The van der Waals surface area contributed by atoms with E-state index in [1.54, 1.807) is 7.11 Å². The van der Waals surface area contributed by atoms with Gasteiger partial charge in [-0.15, -0.1) is 0 Å². The zero-order chi connectivity index (χ0) is 33.0. The maximum absolute atomic E-state index is 10.8. The molecule has 2 N–H and O–H groups in total. The van der Waals surface area contributed by atoms with E-state index in [4.69, 9.17) is 42.6 Å². The minimum absolute atomic E-state index is 0.125. The van der Waals surface area contributed by atoms with Gasteiger partial charge >= 0.3 is 0 Å². The molecule has 47 heavy (non-hydrogen) atoms. The highest BCUT2D eigenvalue weighted by Crippen LogP contribution is 2.34. The summed E-state index contributed by atoms with van der Waals surface area (Å²) in [4.78, 5) is 0.